The number of ether oxygens (including phenoxy) is 4. The molecule has 45 heavy (non-hydrogen) atoms. The van der Waals surface area contributed by atoms with Crippen LogP contribution >= 0.6 is 0 Å². The van der Waals surface area contributed by atoms with Gasteiger partial charge in [-0.25, -0.2) is 4.79 Å². The summed E-state index contributed by atoms with van der Waals surface area (Å²) in [7, 11) is -0.146. The molecule has 4 aromatic carbocycles. The van der Waals surface area contributed by atoms with E-state index in [0.29, 0.717) is 0 Å². The third-order valence-electron chi connectivity index (χ3n) is 9.25. The van der Waals surface area contributed by atoms with Crippen LogP contribution in [-0.2, 0) is 18.9 Å². The molecule has 1 aliphatic heterocycles. The molecule has 0 aromatic heterocycles. The van der Waals surface area contributed by atoms with Crippen LogP contribution in [0.15, 0.2) is 97.1 Å². The number of fused-ring (bicyclic) bond motifs is 6. The van der Waals surface area contributed by atoms with E-state index in [9.17, 15) is 19.8 Å². The fraction of sp³-hybridized carbons (Fsp3) is 0.278. The molecule has 4 aromatic rings. The highest BCUT2D eigenvalue weighted by atomic mass is 16.7. The van der Waals surface area contributed by atoms with Crippen molar-refractivity contribution in [2.24, 2.45) is 0 Å². The van der Waals surface area contributed by atoms with Crippen LogP contribution in [0, 0.1) is 0 Å². The molecule has 2 N–H and O–H groups in total. The predicted octanol–water partition coefficient (Wildman–Crippen LogP) is 5.25. The van der Waals surface area contributed by atoms with Gasteiger partial charge in [0.15, 0.2) is 0 Å². The quantitative estimate of drug-likeness (QED) is 0.207. The Bertz CT molecular complexity index is 1630. The maximum Gasteiger partial charge on any atom is 0.508 e. The Labute approximate surface area is 261 Å². The molecule has 1 fully saturated rings. The molecule has 0 bridgehead atoms. The summed E-state index contributed by atoms with van der Waals surface area (Å²) in [5, 5.41) is 20.7. The summed E-state index contributed by atoms with van der Waals surface area (Å²) in [6, 6.07) is 32.2. The SMILES string of the molecule is O=C(BC1COC(CO)C(O)[C@@H]1OC(=O)OCC1c2ccccc2-c2ccccc21)OCC1c2ccccc2-c2ccccc21. The van der Waals surface area contributed by atoms with Gasteiger partial charge in [-0.05, 0) is 44.5 Å². The van der Waals surface area contributed by atoms with Crippen LogP contribution in [0.4, 0.5) is 9.59 Å². The van der Waals surface area contributed by atoms with Gasteiger partial charge < -0.3 is 29.2 Å². The second-order valence-electron chi connectivity index (χ2n) is 11.8. The molecule has 0 saturated carbocycles. The first-order valence-corrected chi connectivity index (χ1v) is 15.3. The number of benzene rings is 4. The number of carbonyl (C=O) groups is 2. The van der Waals surface area contributed by atoms with Crippen LogP contribution in [0.5, 0.6) is 0 Å². The minimum atomic E-state index is -1.35. The fourth-order valence-corrected chi connectivity index (χ4v) is 7.06. The maximum atomic E-state index is 13.1. The molecule has 0 radical (unpaired) electrons. The van der Waals surface area contributed by atoms with Crippen molar-refractivity contribution in [2.75, 3.05) is 26.4 Å². The van der Waals surface area contributed by atoms with Crippen molar-refractivity contribution >= 4 is 19.3 Å². The minimum Gasteiger partial charge on any atom is -0.473 e. The lowest BCUT2D eigenvalue weighted by Crippen LogP contribution is -2.53. The van der Waals surface area contributed by atoms with Gasteiger partial charge in [0.05, 0.1) is 6.61 Å². The highest BCUT2D eigenvalue weighted by Gasteiger charge is 2.44. The lowest BCUT2D eigenvalue weighted by Gasteiger charge is -2.38. The molecule has 1 heterocycles. The fourth-order valence-electron chi connectivity index (χ4n) is 7.06. The average Bonchev–Trinajstić information content (AvgIpc) is 3.57. The molecule has 0 spiro atoms. The lowest BCUT2D eigenvalue weighted by molar-refractivity contribution is -0.154. The zero-order valence-corrected chi connectivity index (χ0v) is 24.6. The zero-order chi connectivity index (χ0) is 30.9. The summed E-state index contributed by atoms with van der Waals surface area (Å²) in [4.78, 5) is 26.2. The van der Waals surface area contributed by atoms with Crippen molar-refractivity contribution in [1.82, 2.24) is 0 Å². The van der Waals surface area contributed by atoms with Crippen molar-refractivity contribution < 1.29 is 38.7 Å². The Morgan fingerprint density at radius 3 is 1.62 bits per heavy atom. The summed E-state index contributed by atoms with van der Waals surface area (Å²) in [5.41, 5.74) is 8.79. The third kappa shape index (κ3) is 5.52. The number of aliphatic hydroxyl groups is 2. The molecule has 228 valence electrons. The molecule has 8 nitrogen and oxygen atoms in total. The Morgan fingerprint density at radius 1 is 0.711 bits per heavy atom. The van der Waals surface area contributed by atoms with Crippen LogP contribution in [0.2, 0.25) is 5.82 Å². The largest absolute Gasteiger partial charge is 0.508 e. The van der Waals surface area contributed by atoms with Gasteiger partial charge in [-0.1, -0.05) is 97.1 Å². The van der Waals surface area contributed by atoms with E-state index in [-0.39, 0.29) is 38.9 Å². The first-order chi connectivity index (χ1) is 22.0. The highest BCUT2D eigenvalue weighted by molar-refractivity contribution is 6.73. The van der Waals surface area contributed by atoms with Crippen LogP contribution in [0.3, 0.4) is 0 Å². The topological polar surface area (TPSA) is 112 Å². The second-order valence-corrected chi connectivity index (χ2v) is 11.8. The van der Waals surface area contributed by atoms with Crippen LogP contribution in [-0.4, -0.2) is 74.3 Å². The second kappa shape index (κ2) is 12.5. The van der Waals surface area contributed by atoms with Crippen molar-refractivity contribution in [3.05, 3.63) is 119 Å². The molecule has 3 unspecified atom stereocenters. The molecule has 1 saturated heterocycles. The average molecular weight is 604 g/mol. The Balaban J connectivity index is 1.00. The van der Waals surface area contributed by atoms with Crippen LogP contribution < -0.4 is 0 Å². The van der Waals surface area contributed by atoms with Gasteiger partial charge in [0.25, 0.3) is 7.28 Å². The van der Waals surface area contributed by atoms with Crippen molar-refractivity contribution in [2.45, 2.75) is 36.0 Å². The molecule has 4 atom stereocenters. The Kier molecular flexibility index (Phi) is 8.15. The van der Waals surface area contributed by atoms with E-state index < -0.39 is 42.8 Å². The summed E-state index contributed by atoms with van der Waals surface area (Å²) in [6.07, 6.45) is -4.41. The zero-order valence-electron chi connectivity index (χ0n) is 24.6. The molecule has 9 heteroatoms. The standard InChI is InChI=1S/C36H33BO8/c38-17-32-33(39)34(45-36(41)44-19-30-27-15-7-3-11-23(27)24-12-4-8-16-28(24)30)31(20-42-32)37-35(40)43-18-29-25-13-5-1-9-21(25)22-10-2-6-14-26(22)29/h1-16,29-34,37-39H,17-20H2/t31?,32?,33?,34-/m1/s1. The van der Waals surface area contributed by atoms with Gasteiger partial charge in [-0.3, -0.25) is 4.79 Å². The van der Waals surface area contributed by atoms with Gasteiger partial charge in [0.1, 0.15) is 31.5 Å². The van der Waals surface area contributed by atoms with Gasteiger partial charge >= 0.3 is 6.16 Å². The first kappa shape index (κ1) is 29.3. The summed E-state index contributed by atoms with van der Waals surface area (Å²) in [6.45, 7) is -0.274. The van der Waals surface area contributed by atoms with Gasteiger partial charge in [0, 0.05) is 24.3 Å². The first-order valence-electron chi connectivity index (χ1n) is 15.3. The Hall–Kier alpha value is -4.44. The monoisotopic (exact) mass is 604 g/mol. The van der Waals surface area contributed by atoms with E-state index in [1.165, 1.54) is 0 Å². The smallest absolute Gasteiger partial charge is 0.473 e. The number of hydrogen-bond acceptors (Lipinski definition) is 8. The van der Waals surface area contributed by atoms with E-state index in [0.717, 1.165) is 44.5 Å². The van der Waals surface area contributed by atoms with E-state index in [4.69, 9.17) is 18.9 Å². The molecule has 2 aliphatic carbocycles. The summed E-state index contributed by atoms with van der Waals surface area (Å²) < 4.78 is 22.6. The van der Waals surface area contributed by atoms with Crippen molar-refractivity contribution in [3.63, 3.8) is 0 Å². The van der Waals surface area contributed by atoms with E-state index in [2.05, 4.69) is 12.1 Å². The maximum absolute atomic E-state index is 13.1. The van der Waals surface area contributed by atoms with E-state index in [1.54, 1.807) is 0 Å². The van der Waals surface area contributed by atoms with Crippen molar-refractivity contribution in [3.8, 4) is 22.3 Å². The number of carbonyl (C=O) groups excluding carboxylic acids is 2. The van der Waals surface area contributed by atoms with E-state index in [1.807, 2.05) is 84.9 Å². The molecule has 3 aliphatic rings. The minimum absolute atomic E-state index is 0.00615. The van der Waals surface area contributed by atoms with Gasteiger partial charge in [0.2, 0.25) is 5.87 Å². The normalized spacial score (nSPS) is 21.6. The molecular weight excluding hydrogens is 571 g/mol. The number of hydrogen-bond donors (Lipinski definition) is 2. The van der Waals surface area contributed by atoms with Gasteiger partial charge in [-0.2, -0.15) is 0 Å². The highest BCUT2D eigenvalue weighted by Crippen LogP contribution is 2.46. The van der Waals surface area contributed by atoms with Crippen LogP contribution in [0.25, 0.3) is 22.3 Å². The predicted molar refractivity (Wildman–Crippen MR) is 169 cm³/mol. The van der Waals surface area contributed by atoms with Crippen LogP contribution in [0.1, 0.15) is 34.1 Å². The summed E-state index contributed by atoms with van der Waals surface area (Å²) >= 11 is 0. The number of aliphatic hydroxyl groups excluding tert-OH is 2. The third-order valence-corrected chi connectivity index (χ3v) is 9.25. The summed E-state index contributed by atoms with van der Waals surface area (Å²) in [5.74, 6) is -1.45. The molecular formula is C36H33BO8. The Morgan fingerprint density at radius 2 is 1.16 bits per heavy atom. The molecule has 7 rings (SSSR count). The number of rotatable bonds is 8. The van der Waals surface area contributed by atoms with E-state index >= 15 is 0 Å². The molecule has 0 amide bonds. The van der Waals surface area contributed by atoms with Crippen molar-refractivity contribution in [1.29, 1.82) is 0 Å². The van der Waals surface area contributed by atoms with Gasteiger partial charge in [-0.15, -0.1) is 0 Å². The lowest BCUT2D eigenvalue weighted by atomic mass is 9.60.